The van der Waals surface area contributed by atoms with Crippen molar-refractivity contribution in [3.05, 3.63) is 64.2 Å². The predicted molar refractivity (Wildman–Crippen MR) is 90.8 cm³/mol. The molecule has 0 radical (unpaired) electrons. The number of ether oxygens (including phenoxy) is 1. The average Bonchev–Trinajstić information content (AvgIpc) is 2.62. The fraction of sp³-hybridized carbons (Fsp3) is 0.333. The van der Waals surface area contributed by atoms with E-state index in [0.717, 1.165) is 24.3 Å². The minimum Gasteiger partial charge on any atom is -0.406 e. The molecular formula is C18H16ClF5N2O. The molecule has 1 saturated heterocycles. The third-order valence-corrected chi connectivity index (χ3v) is 4.68. The molecule has 0 spiro atoms. The van der Waals surface area contributed by atoms with Crippen LogP contribution in [0, 0.1) is 11.6 Å². The van der Waals surface area contributed by atoms with E-state index in [1.165, 1.54) is 12.1 Å². The smallest absolute Gasteiger partial charge is 0.406 e. The Labute approximate surface area is 157 Å². The first-order chi connectivity index (χ1) is 12.8. The molecule has 1 aliphatic rings. The first-order valence-corrected chi connectivity index (χ1v) is 8.58. The van der Waals surface area contributed by atoms with Gasteiger partial charge in [-0.2, -0.15) is 0 Å². The second kappa shape index (κ2) is 8.00. The highest BCUT2D eigenvalue weighted by atomic mass is 35.5. The topological polar surface area (TPSA) is 24.5 Å². The molecule has 0 aliphatic carbocycles. The molecule has 0 aromatic heterocycles. The standard InChI is InChI=1S/C18H16ClF5N2O/c19-16-14(21)6-5-13(20)15(16)17(26-9-7-25-8-10-26)11-1-3-12(4-2-11)27-18(22,23)24/h1-6,17,25H,7-10H2/t17-/m0/s1. The maximum Gasteiger partial charge on any atom is 0.573 e. The monoisotopic (exact) mass is 406 g/mol. The van der Waals surface area contributed by atoms with Crippen molar-refractivity contribution < 1.29 is 26.7 Å². The van der Waals surface area contributed by atoms with Crippen molar-refractivity contribution in [1.82, 2.24) is 10.2 Å². The van der Waals surface area contributed by atoms with E-state index in [1.807, 2.05) is 4.90 Å². The van der Waals surface area contributed by atoms with E-state index >= 15 is 0 Å². The molecule has 146 valence electrons. The number of alkyl halides is 3. The number of benzene rings is 2. The molecule has 2 aromatic rings. The van der Waals surface area contributed by atoms with Crippen LogP contribution in [0.5, 0.6) is 5.75 Å². The van der Waals surface area contributed by atoms with Gasteiger partial charge in [-0.25, -0.2) is 8.78 Å². The lowest BCUT2D eigenvalue weighted by Crippen LogP contribution is -2.45. The maximum atomic E-state index is 14.6. The molecule has 27 heavy (non-hydrogen) atoms. The first kappa shape index (κ1) is 19.9. The fourth-order valence-corrected chi connectivity index (χ4v) is 3.40. The number of piperazine rings is 1. The summed E-state index contributed by atoms with van der Waals surface area (Å²) in [5.74, 6) is -1.83. The van der Waals surface area contributed by atoms with E-state index in [-0.39, 0.29) is 10.6 Å². The molecule has 1 fully saturated rings. The van der Waals surface area contributed by atoms with Crippen LogP contribution in [0.2, 0.25) is 5.02 Å². The van der Waals surface area contributed by atoms with Gasteiger partial charge < -0.3 is 10.1 Å². The molecule has 2 aromatic carbocycles. The van der Waals surface area contributed by atoms with Gasteiger partial charge in [0, 0.05) is 31.7 Å². The summed E-state index contributed by atoms with van der Waals surface area (Å²) in [5.41, 5.74) is 0.445. The molecule has 3 nitrogen and oxygen atoms in total. The SMILES string of the molecule is Fc1ccc(F)c([C@H](c2ccc(OC(F)(F)F)cc2)N2CCNCC2)c1Cl. The van der Waals surface area contributed by atoms with Gasteiger partial charge in [0.2, 0.25) is 0 Å². The summed E-state index contributed by atoms with van der Waals surface area (Å²) < 4.78 is 69.5. The largest absolute Gasteiger partial charge is 0.573 e. The van der Waals surface area contributed by atoms with E-state index in [2.05, 4.69) is 10.1 Å². The van der Waals surface area contributed by atoms with Crippen LogP contribution in [0.4, 0.5) is 22.0 Å². The number of rotatable bonds is 4. The molecule has 1 N–H and O–H groups in total. The zero-order chi connectivity index (χ0) is 19.6. The average molecular weight is 407 g/mol. The molecule has 0 amide bonds. The minimum atomic E-state index is -4.81. The second-order valence-corrected chi connectivity index (χ2v) is 6.44. The Morgan fingerprint density at radius 3 is 2.15 bits per heavy atom. The van der Waals surface area contributed by atoms with Crippen molar-refractivity contribution >= 4 is 11.6 Å². The van der Waals surface area contributed by atoms with E-state index in [4.69, 9.17) is 11.6 Å². The zero-order valence-corrected chi connectivity index (χ0v) is 14.7. The zero-order valence-electron chi connectivity index (χ0n) is 14.0. The van der Waals surface area contributed by atoms with E-state index in [1.54, 1.807) is 0 Å². The van der Waals surface area contributed by atoms with Gasteiger partial charge in [0.05, 0.1) is 11.1 Å². The Kier molecular flexibility index (Phi) is 5.88. The van der Waals surface area contributed by atoms with Crippen LogP contribution in [0.1, 0.15) is 17.2 Å². The summed E-state index contributed by atoms with van der Waals surface area (Å²) in [7, 11) is 0. The Hall–Kier alpha value is -1.90. The fourth-order valence-electron chi connectivity index (χ4n) is 3.15. The number of nitrogens with zero attached hydrogens (tertiary/aromatic N) is 1. The highest BCUT2D eigenvalue weighted by Gasteiger charge is 2.32. The molecular weight excluding hydrogens is 391 g/mol. The summed E-state index contributed by atoms with van der Waals surface area (Å²) in [5, 5.41) is 2.82. The molecule has 1 heterocycles. The lowest BCUT2D eigenvalue weighted by atomic mass is 9.95. The van der Waals surface area contributed by atoms with Crippen molar-refractivity contribution in [2.24, 2.45) is 0 Å². The Morgan fingerprint density at radius 2 is 1.56 bits per heavy atom. The molecule has 9 heteroatoms. The number of hydrogen-bond donors (Lipinski definition) is 1. The number of halogens is 6. The highest BCUT2D eigenvalue weighted by Crippen LogP contribution is 2.37. The number of hydrogen-bond acceptors (Lipinski definition) is 3. The molecule has 0 bridgehead atoms. The third-order valence-electron chi connectivity index (χ3n) is 4.30. The van der Waals surface area contributed by atoms with Gasteiger partial charge >= 0.3 is 6.36 Å². The molecule has 1 atom stereocenters. The van der Waals surface area contributed by atoms with Gasteiger partial charge in [-0.15, -0.1) is 13.2 Å². The minimum absolute atomic E-state index is 0.0388. The van der Waals surface area contributed by atoms with Gasteiger partial charge in [0.15, 0.2) is 0 Å². The summed E-state index contributed by atoms with van der Waals surface area (Å²) in [4.78, 5) is 1.90. The summed E-state index contributed by atoms with van der Waals surface area (Å²) in [6.45, 7) is 2.36. The van der Waals surface area contributed by atoms with E-state index in [9.17, 15) is 22.0 Å². The van der Waals surface area contributed by atoms with Gasteiger partial charge in [0.25, 0.3) is 0 Å². The summed E-state index contributed by atoms with van der Waals surface area (Å²) in [6, 6.07) is 6.27. The first-order valence-electron chi connectivity index (χ1n) is 8.20. The van der Waals surface area contributed by atoms with Gasteiger partial charge in [-0.05, 0) is 29.8 Å². The van der Waals surface area contributed by atoms with Crippen molar-refractivity contribution in [3.63, 3.8) is 0 Å². The lowest BCUT2D eigenvalue weighted by molar-refractivity contribution is -0.274. The quantitative estimate of drug-likeness (QED) is 0.597. The van der Waals surface area contributed by atoms with Crippen LogP contribution in [0.15, 0.2) is 36.4 Å². The Bertz CT molecular complexity index is 792. The van der Waals surface area contributed by atoms with Crippen molar-refractivity contribution in [2.45, 2.75) is 12.4 Å². The van der Waals surface area contributed by atoms with Crippen LogP contribution in [-0.2, 0) is 0 Å². The Balaban J connectivity index is 2.02. The Morgan fingerprint density at radius 1 is 0.963 bits per heavy atom. The normalized spacial score (nSPS) is 17.0. The second-order valence-electron chi connectivity index (χ2n) is 6.06. The van der Waals surface area contributed by atoms with Gasteiger partial charge in [0.1, 0.15) is 17.4 Å². The van der Waals surface area contributed by atoms with Crippen LogP contribution in [0.25, 0.3) is 0 Å². The third kappa shape index (κ3) is 4.69. The number of nitrogens with one attached hydrogen (secondary N) is 1. The van der Waals surface area contributed by atoms with Crippen molar-refractivity contribution in [3.8, 4) is 5.75 Å². The maximum absolute atomic E-state index is 14.6. The van der Waals surface area contributed by atoms with E-state index in [0.29, 0.717) is 31.7 Å². The predicted octanol–water partition coefficient (Wildman–Crippen LogP) is 4.51. The van der Waals surface area contributed by atoms with Crippen LogP contribution in [-0.4, -0.2) is 37.4 Å². The molecule has 1 aliphatic heterocycles. The molecule has 3 rings (SSSR count). The van der Waals surface area contributed by atoms with Crippen molar-refractivity contribution in [1.29, 1.82) is 0 Å². The highest BCUT2D eigenvalue weighted by molar-refractivity contribution is 6.31. The molecule has 0 unspecified atom stereocenters. The van der Waals surface area contributed by atoms with Crippen LogP contribution in [0.3, 0.4) is 0 Å². The summed E-state index contributed by atoms with van der Waals surface area (Å²) >= 11 is 6.05. The van der Waals surface area contributed by atoms with Crippen LogP contribution >= 0.6 is 11.6 Å². The summed E-state index contributed by atoms with van der Waals surface area (Å²) in [6.07, 6.45) is -4.81. The van der Waals surface area contributed by atoms with E-state index < -0.39 is 29.8 Å². The van der Waals surface area contributed by atoms with Crippen LogP contribution < -0.4 is 10.1 Å². The lowest BCUT2D eigenvalue weighted by Gasteiger charge is -2.36. The van der Waals surface area contributed by atoms with Gasteiger partial charge in [-0.1, -0.05) is 23.7 Å². The van der Waals surface area contributed by atoms with Crippen molar-refractivity contribution in [2.75, 3.05) is 26.2 Å². The molecule has 0 saturated carbocycles. The van der Waals surface area contributed by atoms with Gasteiger partial charge in [-0.3, -0.25) is 4.90 Å².